The van der Waals surface area contributed by atoms with Gasteiger partial charge in [-0.05, 0) is 45.3 Å². The number of amides is 1. The van der Waals surface area contributed by atoms with E-state index in [4.69, 9.17) is 14.2 Å². The van der Waals surface area contributed by atoms with Crippen LogP contribution in [0.5, 0.6) is 11.5 Å². The van der Waals surface area contributed by atoms with Gasteiger partial charge in [0.15, 0.2) is 11.5 Å². The van der Waals surface area contributed by atoms with Crippen LogP contribution in [0.3, 0.4) is 0 Å². The molecule has 0 aromatic heterocycles. The molecule has 0 saturated carbocycles. The Bertz CT molecular complexity index is 932. The minimum absolute atomic E-state index is 0.0683. The summed E-state index contributed by atoms with van der Waals surface area (Å²) in [5, 5.41) is 9.48. The Morgan fingerprint density at radius 1 is 1.28 bits per heavy atom. The van der Waals surface area contributed by atoms with Crippen LogP contribution in [0.1, 0.15) is 11.1 Å². The summed E-state index contributed by atoms with van der Waals surface area (Å²) < 4.78 is 17.3. The number of ether oxygens (including phenoxy) is 3. The van der Waals surface area contributed by atoms with Gasteiger partial charge in [0, 0.05) is 13.1 Å². The Morgan fingerprint density at radius 2 is 2.00 bits per heavy atom. The lowest BCUT2D eigenvalue weighted by Crippen LogP contribution is -2.41. The average molecular weight is 457 g/mol. The highest BCUT2D eigenvalue weighted by molar-refractivity contribution is 9.10. The third-order valence-corrected chi connectivity index (χ3v) is 5.03. The fourth-order valence-corrected chi connectivity index (χ4v) is 3.51. The average Bonchev–Trinajstić information content (AvgIpc) is 2.77. The highest BCUT2D eigenvalue weighted by atomic mass is 79.9. The number of halogens is 1. The Balaban J connectivity index is 1.82. The highest BCUT2D eigenvalue weighted by Crippen LogP contribution is 2.37. The van der Waals surface area contributed by atoms with Crippen LogP contribution in [0, 0.1) is 11.3 Å². The van der Waals surface area contributed by atoms with E-state index in [1.807, 2.05) is 36.4 Å². The zero-order valence-corrected chi connectivity index (χ0v) is 17.6. The number of morpholine rings is 1. The fraction of sp³-hybridized carbons (Fsp3) is 0.273. The number of carbonyl (C=O) groups is 1. The van der Waals surface area contributed by atoms with Crippen molar-refractivity contribution in [3.8, 4) is 17.6 Å². The monoisotopic (exact) mass is 456 g/mol. The lowest BCUT2D eigenvalue weighted by atomic mass is 10.1. The van der Waals surface area contributed by atoms with Gasteiger partial charge in [0.2, 0.25) is 0 Å². The first-order chi connectivity index (χ1) is 14.1. The molecule has 0 spiro atoms. The van der Waals surface area contributed by atoms with Crippen molar-refractivity contribution in [1.29, 1.82) is 5.26 Å². The summed E-state index contributed by atoms with van der Waals surface area (Å²) in [5.41, 5.74) is 1.77. The van der Waals surface area contributed by atoms with E-state index in [0.29, 0.717) is 54.4 Å². The van der Waals surface area contributed by atoms with E-state index in [2.05, 4.69) is 15.9 Å². The SMILES string of the molecule is COc1cc(/C=C(\C#N)C(=O)N2CCOCC2)cc(Br)c1OCc1ccccc1. The molecule has 1 fully saturated rings. The van der Waals surface area contributed by atoms with Crippen molar-refractivity contribution in [3.63, 3.8) is 0 Å². The van der Waals surface area contributed by atoms with Crippen LogP contribution < -0.4 is 9.47 Å². The second kappa shape index (κ2) is 10.1. The van der Waals surface area contributed by atoms with Crippen LogP contribution in [0.4, 0.5) is 0 Å². The first-order valence-electron chi connectivity index (χ1n) is 9.15. The van der Waals surface area contributed by atoms with Crippen molar-refractivity contribution in [2.75, 3.05) is 33.4 Å². The number of nitriles is 1. The molecule has 150 valence electrons. The van der Waals surface area contributed by atoms with Crippen LogP contribution >= 0.6 is 15.9 Å². The maximum atomic E-state index is 12.6. The largest absolute Gasteiger partial charge is 0.493 e. The van der Waals surface area contributed by atoms with Crippen LogP contribution in [0.15, 0.2) is 52.5 Å². The van der Waals surface area contributed by atoms with Crippen molar-refractivity contribution in [3.05, 3.63) is 63.6 Å². The minimum Gasteiger partial charge on any atom is -0.493 e. The Morgan fingerprint density at radius 3 is 2.66 bits per heavy atom. The molecule has 1 heterocycles. The Hall–Kier alpha value is -2.82. The number of nitrogens with zero attached hydrogens (tertiary/aromatic N) is 2. The molecule has 2 aromatic rings. The standard InChI is InChI=1S/C22H21BrN2O4/c1-27-20-13-17(11-18(14-24)22(26)25-7-9-28-10-8-25)12-19(23)21(20)29-15-16-5-3-2-4-6-16/h2-6,11-13H,7-10,15H2,1H3/b18-11+. The maximum absolute atomic E-state index is 12.6. The van der Waals surface area contributed by atoms with E-state index >= 15 is 0 Å². The molecule has 0 atom stereocenters. The van der Waals surface area contributed by atoms with Gasteiger partial charge >= 0.3 is 0 Å². The van der Waals surface area contributed by atoms with Gasteiger partial charge < -0.3 is 19.1 Å². The number of hydrogen-bond donors (Lipinski definition) is 0. The van der Waals surface area contributed by atoms with Gasteiger partial charge in [0.05, 0.1) is 24.8 Å². The van der Waals surface area contributed by atoms with Gasteiger partial charge in [-0.25, -0.2) is 0 Å². The van der Waals surface area contributed by atoms with E-state index < -0.39 is 0 Å². The first-order valence-corrected chi connectivity index (χ1v) is 9.94. The molecule has 0 aliphatic carbocycles. The van der Waals surface area contributed by atoms with Crippen LogP contribution in [-0.4, -0.2) is 44.2 Å². The van der Waals surface area contributed by atoms with E-state index in [0.717, 1.165) is 5.56 Å². The predicted molar refractivity (Wildman–Crippen MR) is 112 cm³/mol. The zero-order chi connectivity index (χ0) is 20.6. The number of methoxy groups -OCH3 is 1. The predicted octanol–water partition coefficient (Wildman–Crippen LogP) is 3.80. The summed E-state index contributed by atoms with van der Waals surface area (Å²) in [6, 6.07) is 15.4. The third-order valence-electron chi connectivity index (χ3n) is 4.44. The molecule has 1 saturated heterocycles. The van der Waals surface area contributed by atoms with Gasteiger partial charge in [-0.3, -0.25) is 4.79 Å². The first kappa shape index (κ1) is 20.9. The van der Waals surface area contributed by atoms with E-state index in [1.54, 1.807) is 30.2 Å². The van der Waals surface area contributed by atoms with Gasteiger partial charge in [-0.2, -0.15) is 5.26 Å². The maximum Gasteiger partial charge on any atom is 0.264 e. The summed E-state index contributed by atoms with van der Waals surface area (Å²) in [6.45, 7) is 2.33. The Labute approximate surface area is 178 Å². The third kappa shape index (κ3) is 5.37. The molecular weight excluding hydrogens is 436 g/mol. The molecule has 2 aromatic carbocycles. The van der Waals surface area contributed by atoms with Crippen molar-refractivity contribution in [2.24, 2.45) is 0 Å². The Kier molecular flexibility index (Phi) is 7.28. The van der Waals surface area contributed by atoms with Crippen molar-refractivity contribution < 1.29 is 19.0 Å². The van der Waals surface area contributed by atoms with Crippen molar-refractivity contribution in [2.45, 2.75) is 6.61 Å². The topological polar surface area (TPSA) is 71.8 Å². The summed E-state index contributed by atoms with van der Waals surface area (Å²) in [7, 11) is 1.55. The summed E-state index contributed by atoms with van der Waals surface area (Å²) in [6.07, 6.45) is 1.56. The fourth-order valence-electron chi connectivity index (χ4n) is 2.94. The molecule has 29 heavy (non-hydrogen) atoms. The second-order valence-corrected chi connectivity index (χ2v) is 7.24. The van der Waals surface area contributed by atoms with Gasteiger partial charge in [0.1, 0.15) is 18.2 Å². The molecule has 0 bridgehead atoms. The van der Waals surface area contributed by atoms with Crippen molar-refractivity contribution >= 4 is 27.9 Å². The van der Waals surface area contributed by atoms with Gasteiger partial charge in [0.25, 0.3) is 5.91 Å². The van der Waals surface area contributed by atoms with Crippen molar-refractivity contribution in [1.82, 2.24) is 4.90 Å². The molecule has 0 N–H and O–H groups in total. The molecule has 6 nitrogen and oxygen atoms in total. The lowest BCUT2D eigenvalue weighted by Gasteiger charge is -2.26. The summed E-state index contributed by atoms with van der Waals surface area (Å²) in [5.74, 6) is 0.777. The van der Waals surface area contributed by atoms with Gasteiger partial charge in [-0.15, -0.1) is 0 Å². The number of benzene rings is 2. The summed E-state index contributed by atoms with van der Waals surface area (Å²) in [4.78, 5) is 14.2. The second-order valence-electron chi connectivity index (χ2n) is 6.38. The molecule has 1 aliphatic rings. The molecule has 7 heteroatoms. The normalized spacial score (nSPS) is 14.2. The molecule has 3 rings (SSSR count). The number of hydrogen-bond acceptors (Lipinski definition) is 5. The van der Waals surface area contributed by atoms with E-state index in [-0.39, 0.29) is 11.5 Å². The van der Waals surface area contributed by atoms with Crippen LogP contribution in [0.2, 0.25) is 0 Å². The van der Waals surface area contributed by atoms with Crippen LogP contribution in [0.25, 0.3) is 6.08 Å². The molecule has 0 unspecified atom stereocenters. The molecular formula is C22H21BrN2O4. The lowest BCUT2D eigenvalue weighted by molar-refractivity contribution is -0.130. The number of rotatable bonds is 6. The number of carbonyl (C=O) groups excluding carboxylic acids is 1. The minimum atomic E-state index is -0.296. The van der Waals surface area contributed by atoms with Gasteiger partial charge in [-0.1, -0.05) is 30.3 Å². The van der Waals surface area contributed by atoms with Crippen LogP contribution in [-0.2, 0) is 16.1 Å². The molecule has 1 amide bonds. The smallest absolute Gasteiger partial charge is 0.264 e. The van der Waals surface area contributed by atoms with E-state index in [9.17, 15) is 10.1 Å². The van der Waals surface area contributed by atoms with E-state index in [1.165, 1.54) is 0 Å². The quantitative estimate of drug-likeness (QED) is 0.488. The molecule has 1 aliphatic heterocycles. The highest BCUT2D eigenvalue weighted by Gasteiger charge is 2.21. The summed E-state index contributed by atoms with van der Waals surface area (Å²) >= 11 is 3.51. The zero-order valence-electron chi connectivity index (χ0n) is 16.1. The molecule has 0 radical (unpaired) electrons.